The van der Waals surface area contributed by atoms with Gasteiger partial charge in [-0.25, -0.2) is 8.78 Å². The molecule has 0 heterocycles. The maximum atomic E-state index is 13.3. The van der Waals surface area contributed by atoms with E-state index >= 15 is 0 Å². The van der Waals surface area contributed by atoms with Gasteiger partial charge in [-0.15, -0.1) is 0 Å². The molecule has 0 spiro atoms. The number of nitrogens with two attached hydrogens (primary N) is 1. The lowest BCUT2D eigenvalue weighted by Gasteiger charge is -2.12. The monoisotopic (exact) mass is 309 g/mol. The van der Waals surface area contributed by atoms with E-state index in [1.165, 1.54) is 6.07 Å². The summed E-state index contributed by atoms with van der Waals surface area (Å²) >= 11 is 4.91. The summed E-state index contributed by atoms with van der Waals surface area (Å²) in [6.45, 7) is 0.0942. The molecule has 3 nitrogen and oxygen atoms in total. The molecule has 0 unspecified atom stereocenters. The Bertz CT molecular complexity index is 629. The summed E-state index contributed by atoms with van der Waals surface area (Å²) in [6, 6.07) is 10.5. The largest absolute Gasteiger partial charge is 0.489 e. The predicted octanol–water partition coefficient (Wildman–Crippen LogP) is 3.06. The van der Waals surface area contributed by atoms with Crippen molar-refractivity contribution < 1.29 is 18.3 Å². The van der Waals surface area contributed by atoms with Crippen molar-refractivity contribution >= 4 is 17.2 Å². The third-order valence-corrected chi connectivity index (χ3v) is 2.88. The van der Waals surface area contributed by atoms with Gasteiger partial charge in [0.05, 0.1) is 5.56 Å². The summed E-state index contributed by atoms with van der Waals surface area (Å²) in [6.07, 6.45) is 0. The first-order valence-electron chi connectivity index (χ1n) is 6.18. The Balaban J connectivity index is 1.92. The Kier molecular flexibility index (Phi) is 5.05. The zero-order valence-electron chi connectivity index (χ0n) is 11.0. The van der Waals surface area contributed by atoms with E-state index in [-0.39, 0.29) is 18.2 Å². The average Bonchev–Trinajstić information content (AvgIpc) is 2.46. The third kappa shape index (κ3) is 3.88. The van der Waals surface area contributed by atoms with Crippen LogP contribution < -0.4 is 15.2 Å². The number of ether oxygens (including phenoxy) is 2. The van der Waals surface area contributed by atoms with Gasteiger partial charge in [0.1, 0.15) is 24.0 Å². The number of rotatable bonds is 6. The van der Waals surface area contributed by atoms with E-state index in [9.17, 15) is 8.78 Å². The van der Waals surface area contributed by atoms with E-state index in [4.69, 9.17) is 27.4 Å². The first-order chi connectivity index (χ1) is 10.1. The highest BCUT2D eigenvalue weighted by molar-refractivity contribution is 7.80. The topological polar surface area (TPSA) is 44.5 Å². The van der Waals surface area contributed by atoms with Crippen LogP contribution in [-0.2, 0) is 0 Å². The second-order valence-electron chi connectivity index (χ2n) is 4.11. The van der Waals surface area contributed by atoms with Crippen molar-refractivity contribution in [2.45, 2.75) is 0 Å². The molecule has 0 atom stereocenters. The van der Waals surface area contributed by atoms with Crippen molar-refractivity contribution in [2.24, 2.45) is 5.73 Å². The molecule has 0 aliphatic rings. The van der Waals surface area contributed by atoms with Crippen molar-refractivity contribution in [2.75, 3.05) is 13.2 Å². The summed E-state index contributed by atoms with van der Waals surface area (Å²) in [5, 5.41) is 0. The number of benzene rings is 2. The number of hydrogen-bond acceptors (Lipinski definition) is 3. The first kappa shape index (κ1) is 15.2. The highest BCUT2D eigenvalue weighted by Gasteiger charge is 2.10. The Morgan fingerprint density at radius 1 is 0.952 bits per heavy atom. The highest BCUT2D eigenvalue weighted by atomic mass is 32.1. The van der Waals surface area contributed by atoms with Gasteiger partial charge in [-0.3, -0.25) is 0 Å². The Hall–Kier alpha value is -2.21. The van der Waals surface area contributed by atoms with Gasteiger partial charge < -0.3 is 15.2 Å². The summed E-state index contributed by atoms with van der Waals surface area (Å²) in [7, 11) is 0. The van der Waals surface area contributed by atoms with E-state index in [1.54, 1.807) is 24.3 Å². The SMILES string of the molecule is NC(=S)c1ccccc1OCCOc1c(F)cccc1F. The van der Waals surface area contributed by atoms with Crippen LogP contribution in [0.3, 0.4) is 0 Å². The maximum Gasteiger partial charge on any atom is 0.190 e. The molecule has 0 radical (unpaired) electrons. The summed E-state index contributed by atoms with van der Waals surface area (Å²) in [5.74, 6) is -1.41. The maximum absolute atomic E-state index is 13.3. The minimum absolute atomic E-state index is 0.0104. The number of hydrogen-bond donors (Lipinski definition) is 1. The van der Waals surface area contributed by atoms with Gasteiger partial charge >= 0.3 is 0 Å². The minimum Gasteiger partial charge on any atom is -0.489 e. The lowest BCUT2D eigenvalue weighted by molar-refractivity contribution is 0.205. The van der Waals surface area contributed by atoms with E-state index in [0.29, 0.717) is 11.3 Å². The minimum atomic E-state index is -0.751. The third-order valence-electron chi connectivity index (χ3n) is 2.66. The van der Waals surface area contributed by atoms with E-state index < -0.39 is 17.4 Å². The van der Waals surface area contributed by atoms with Crippen LogP contribution in [0.15, 0.2) is 42.5 Å². The molecule has 0 aliphatic heterocycles. The van der Waals surface area contributed by atoms with Gasteiger partial charge in [-0.05, 0) is 24.3 Å². The Morgan fingerprint density at radius 3 is 2.24 bits per heavy atom. The molecule has 0 saturated carbocycles. The van der Waals surface area contributed by atoms with Crippen molar-refractivity contribution in [1.82, 2.24) is 0 Å². The highest BCUT2D eigenvalue weighted by Crippen LogP contribution is 2.21. The molecule has 2 N–H and O–H groups in total. The summed E-state index contributed by atoms with van der Waals surface area (Å²) in [4.78, 5) is 0.215. The summed E-state index contributed by atoms with van der Waals surface area (Å²) in [5.41, 5.74) is 6.17. The van der Waals surface area contributed by atoms with Gasteiger partial charge in [0.15, 0.2) is 17.4 Å². The molecule has 110 valence electrons. The smallest absolute Gasteiger partial charge is 0.190 e. The molecular formula is C15H13F2NO2S. The van der Waals surface area contributed by atoms with E-state index in [2.05, 4.69) is 0 Å². The Labute approximate surface area is 126 Å². The molecule has 21 heavy (non-hydrogen) atoms. The van der Waals surface area contributed by atoms with Crippen molar-refractivity contribution in [3.63, 3.8) is 0 Å². The molecule has 2 aromatic carbocycles. The fourth-order valence-electron chi connectivity index (χ4n) is 1.71. The number of halogens is 2. The number of para-hydroxylation sites is 2. The van der Waals surface area contributed by atoms with Crippen molar-refractivity contribution in [1.29, 1.82) is 0 Å². The van der Waals surface area contributed by atoms with E-state index in [0.717, 1.165) is 12.1 Å². The normalized spacial score (nSPS) is 10.2. The molecular weight excluding hydrogens is 296 g/mol. The van der Waals surface area contributed by atoms with Crippen LogP contribution in [0.4, 0.5) is 8.78 Å². The molecule has 2 aromatic rings. The average molecular weight is 309 g/mol. The fourth-order valence-corrected chi connectivity index (χ4v) is 1.88. The zero-order valence-corrected chi connectivity index (χ0v) is 11.8. The van der Waals surface area contributed by atoms with Crippen LogP contribution in [0.25, 0.3) is 0 Å². The fraction of sp³-hybridized carbons (Fsp3) is 0.133. The molecule has 0 bridgehead atoms. The van der Waals surface area contributed by atoms with Gasteiger partial charge in [0.2, 0.25) is 0 Å². The van der Waals surface area contributed by atoms with Gasteiger partial charge in [-0.1, -0.05) is 30.4 Å². The second kappa shape index (κ2) is 6.99. The van der Waals surface area contributed by atoms with Crippen molar-refractivity contribution in [3.05, 3.63) is 59.7 Å². The van der Waals surface area contributed by atoms with Crippen LogP contribution in [0.5, 0.6) is 11.5 Å². The summed E-state index contributed by atoms with van der Waals surface area (Å²) < 4.78 is 37.2. The quantitative estimate of drug-likeness (QED) is 0.658. The van der Waals surface area contributed by atoms with Crippen LogP contribution in [0.1, 0.15) is 5.56 Å². The van der Waals surface area contributed by atoms with Gasteiger partial charge in [0, 0.05) is 0 Å². The van der Waals surface area contributed by atoms with E-state index in [1.807, 2.05) is 0 Å². The van der Waals surface area contributed by atoms with Crippen LogP contribution in [0, 0.1) is 11.6 Å². The van der Waals surface area contributed by atoms with Gasteiger partial charge in [0.25, 0.3) is 0 Å². The lowest BCUT2D eigenvalue weighted by Crippen LogP contribution is -2.15. The standard InChI is InChI=1S/C15H13F2NO2S/c16-11-5-3-6-12(17)14(11)20-9-8-19-13-7-2-1-4-10(13)15(18)21/h1-7H,8-9H2,(H2,18,21). The molecule has 0 aliphatic carbocycles. The molecule has 2 rings (SSSR count). The Morgan fingerprint density at radius 2 is 1.57 bits per heavy atom. The lowest BCUT2D eigenvalue weighted by atomic mass is 10.2. The first-order valence-corrected chi connectivity index (χ1v) is 6.59. The van der Waals surface area contributed by atoms with Crippen LogP contribution in [-0.4, -0.2) is 18.2 Å². The molecule has 0 amide bonds. The van der Waals surface area contributed by atoms with Gasteiger partial charge in [-0.2, -0.15) is 0 Å². The molecule has 6 heteroatoms. The zero-order chi connectivity index (χ0) is 15.2. The second-order valence-corrected chi connectivity index (χ2v) is 4.55. The van der Waals surface area contributed by atoms with Crippen molar-refractivity contribution in [3.8, 4) is 11.5 Å². The predicted molar refractivity (Wildman–Crippen MR) is 79.7 cm³/mol. The van der Waals surface area contributed by atoms with Crippen LogP contribution >= 0.6 is 12.2 Å². The molecule has 0 saturated heterocycles. The molecule has 0 aromatic heterocycles. The number of thiocarbonyl (C=S) groups is 1. The molecule has 0 fully saturated rings. The van der Waals surface area contributed by atoms with Crippen LogP contribution in [0.2, 0.25) is 0 Å².